The van der Waals surface area contributed by atoms with Crippen LogP contribution in [0.25, 0.3) is 0 Å². The highest BCUT2D eigenvalue weighted by molar-refractivity contribution is 5.93. The van der Waals surface area contributed by atoms with Crippen molar-refractivity contribution in [3.8, 4) is 5.75 Å². The Morgan fingerprint density at radius 3 is 2.65 bits per heavy atom. The maximum Gasteiger partial charge on any atom is 0.250 e. The molecule has 0 aliphatic carbocycles. The summed E-state index contributed by atoms with van der Waals surface area (Å²) in [6.07, 6.45) is 0.112. The molecule has 0 aromatic heterocycles. The van der Waals surface area contributed by atoms with Gasteiger partial charge in [0.1, 0.15) is 12.4 Å². The van der Waals surface area contributed by atoms with Gasteiger partial charge in [0.15, 0.2) is 0 Å². The van der Waals surface area contributed by atoms with Gasteiger partial charge in [-0.2, -0.15) is 0 Å². The number of primary amides is 1. The predicted molar refractivity (Wildman–Crippen MR) is 75.5 cm³/mol. The lowest BCUT2D eigenvalue weighted by Gasteiger charge is -2.12. The van der Waals surface area contributed by atoms with E-state index in [1.54, 1.807) is 24.3 Å². The molecule has 1 aromatic rings. The summed E-state index contributed by atoms with van der Waals surface area (Å²) in [6.45, 7) is 3.86. The second-order valence-electron chi connectivity index (χ2n) is 4.47. The van der Waals surface area contributed by atoms with Crippen molar-refractivity contribution in [2.45, 2.75) is 26.4 Å². The third-order valence-electron chi connectivity index (χ3n) is 2.31. The fourth-order valence-corrected chi connectivity index (χ4v) is 1.39. The third kappa shape index (κ3) is 6.19. The van der Waals surface area contributed by atoms with Crippen LogP contribution in [0.3, 0.4) is 0 Å². The summed E-state index contributed by atoms with van der Waals surface area (Å²) < 4.78 is 10.6. The first kappa shape index (κ1) is 16.0. The Labute approximate surface area is 118 Å². The first-order chi connectivity index (χ1) is 9.49. The number of rotatable bonds is 8. The van der Waals surface area contributed by atoms with Gasteiger partial charge in [0.25, 0.3) is 0 Å². The highest BCUT2D eigenvalue weighted by atomic mass is 16.5. The SMILES string of the molecule is CC(C)OCC(=O)Nc1ccccc1OCCC(N)=O. The molecule has 0 unspecified atom stereocenters. The number of nitrogens with one attached hydrogen (secondary N) is 1. The number of para-hydroxylation sites is 2. The van der Waals surface area contributed by atoms with Crippen molar-refractivity contribution < 1.29 is 19.1 Å². The van der Waals surface area contributed by atoms with Gasteiger partial charge in [0, 0.05) is 0 Å². The quantitative estimate of drug-likeness (QED) is 0.751. The Morgan fingerprint density at radius 1 is 1.30 bits per heavy atom. The molecule has 110 valence electrons. The molecule has 2 amide bonds. The second kappa shape index (κ2) is 8.16. The molecule has 0 fully saturated rings. The lowest BCUT2D eigenvalue weighted by Crippen LogP contribution is -2.21. The lowest BCUT2D eigenvalue weighted by molar-refractivity contribution is -0.122. The molecule has 0 aliphatic heterocycles. The van der Waals surface area contributed by atoms with Crippen LogP contribution in [0, 0.1) is 0 Å². The molecule has 20 heavy (non-hydrogen) atoms. The minimum Gasteiger partial charge on any atom is -0.491 e. The normalized spacial score (nSPS) is 10.3. The minimum atomic E-state index is -0.433. The smallest absolute Gasteiger partial charge is 0.250 e. The van der Waals surface area contributed by atoms with Crippen LogP contribution in [0.4, 0.5) is 5.69 Å². The molecule has 0 saturated heterocycles. The van der Waals surface area contributed by atoms with Gasteiger partial charge in [-0.25, -0.2) is 0 Å². The van der Waals surface area contributed by atoms with E-state index in [9.17, 15) is 9.59 Å². The number of carbonyl (C=O) groups excluding carboxylic acids is 2. The Bertz CT molecular complexity index is 460. The van der Waals surface area contributed by atoms with E-state index < -0.39 is 5.91 Å². The van der Waals surface area contributed by atoms with Crippen LogP contribution in [-0.2, 0) is 14.3 Å². The van der Waals surface area contributed by atoms with E-state index in [0.29, 0.717) is 11.4 Å². The van der Waals surface area contributed by atoms with E-state index in [2.05, 4.69) is 5.32 Å². The molecular weight excluding hydrogens is 260 g/mol. The first-order valence-electron chi connectivity index (χ1n) is 6.40. The van der Waals surface area contributed by atoms with Crippen molar-refractivity contribution in [1.29, 1.82) is 0 Å². The van der Waals surface area contributed by atoms with Crippen molar-refractivity contribution in [3.63, 3.8) is 0 Å². The summed E-state index contributed by atoms with van der Waals surface area (Å²) in [5.74, 6) is -0.201. The van der Waals surface area contributed by atoms with Gasteiger partial charge in [0.2, 0.25) is 11.8 Å². The lowest BCUT2D eigenvalue weighted by atomic mass is 10.3. The van der Waals surface area contributed by atoms with E-state index >= 15 is 0 Å². The van der Waals surface area contributed by atoms with Crippen molar-refractivity contribution in [3.05, 3.63) is 24.3 Å². The van der Waals surface area contributed by atoms with Crippen molar-refractivity contribution in [2.75, 3.05) is 18.5 Å². The van der Waals surface area contributed by atoms with Crippen molar-refractivity contribution in [1.82, 2.24) is 0 Å². The monoisotopic (exact) mass is 280 g/mol. The number of nitrogens with two attached hydrogens (primary N) is 1. The van der Waals surface area contributed by atoms with Crippen LogP contribution in [0.2, 0.25) is 0 Å². The van der Waals surface area contributed by atoms with Gasteiger partial charge in [-0.3, -0.25) is 9.59 Å². The molecule has 0 spiro atoms. The van der Waals surface area contributed by atoms with E-state index in [0.717, 1.165) is 0 Å². The summed E-state index contributed by atoms with van der Waals surface area (Å²) in [5.41, 5.74) is 5.57. The van der Waals surface area contributed by atoms with Gasteiger partial charge >= 0.3 is 0 Å². The average molecular weight is 280 g/mol. The van der Waals surface area contributed by atoms with Crippen LogP contribution in [0.1, 0.15) is 20.3 Å². The number of amides is 2. The van der Waals surface area contributed by atoms with Crippen LogP contribution >= 0.6 is 0 Å². The summed E-state index contributed by atoms with van der Waals surface area (Å²) in [4.78, 5) is 22.3. The zero-order valence-corrected chi connectivity index (χ0v) is 11.7. The Kier molecular flexibility index (Phi) is 6.52. The molecular formula is C14H20N2O4. The van der Waals surface area contributed by atoms with E-state index in [1.807, 2.05) is 13.8 Å². The van der Waals surface area contributed by atoms with Gasteiger partial charge in [-0.15, -0.1) is 0 Å². The number of benzene rings is 1. The van der Waals surface area contributed by atoms with Gasteiger partial charge in [-0.05, 0) is 26.0 Å². The van der Waals surface area contributed by atoms with Crippen molar-refractivity contribution in [2.24, 2.45) is 5.73 Å². The molecule has 0 heterocycles. The summed E-state index contributed by atoms with van der Waals surface area (Å²) >= 11 is 0. The van der Waals surface area contributed by atoms with Gasteiger partial charge < -0.3 is 20.5 Å². The van der Waals surface area contributed by atoms with E-state index in [-0.39, 0.29) is 31.6 Å². The minimum absolute atomic E-state index is 0.0113. The molecule has 0 aliphatic rings. The highest BCUT2D eigenvalue weighted by Gasteiger charge is 2.08. The Hall–Kier alpha value is -2.08. The zero-order chi connectivity index (χ0) is 15.0. The molecule has 0 bridgehead atoms. The average Bonchev–Trinajstić information content (AvgIpc) is 2.38. The van der Waals surface area contributed by atoms with E-state index in [4.69, 9.17) is 15.2 Å². The summed E-state index contributed by atoms with van der Waals surface area (Å²) in [7, 11) is 0. The van der Waals surface area contributed by atoms with Crippen LogP contribution in [0.5, 0.6) is 5.75 Å². The molecule has 3 N–H and O–H groups in total. The highest BCUT2D eigenvalue weighted by Crippen LogP contribution is 2.23. The van der Waals surface area contributed by atoms with Gasteiger partial charge in [0.05, 0.1) is 24.8 Å². The summed E-state index contributed by atoms with van der Waals surface area (Å²) in [6, 6.07) is 6.98. The van der Waals surface area contributed by atoms with E-state index in [1.165, 1.54) is 0 Å². The first-order valence-corrected chi connectivity index (χ1v) is 6.40. The number of hydrogen-bond acceptors (Lipinski definition) is 4. The van der Waals surface area contributed by atoms with Crippen molar-refractivity contribution >= 4 is 17.5 Å². The molecule has 1 rings (SSSR count). The topological polar surface area (TPSA) is 90.7 Å². The fourth-order valence-electron chi connectivity index (χ4n) is 1.39. The fraction of sp³-hybridized carbons (Fsp3) is 0.429. The molecule has 6 heteroatoms. The van der Waals surface area contributed by atoms with Crippen LogP contribution < -0.4 is 15.8 Å². The predicted octanol–water partition coefficient (Wildman–Crippen LogP) is 1.30. The number of anilines is 1. The standard InChI is InChI=1S/C14H20N2O4/c1-10(2)20-9-14(18)16-11-5-3-4-6-12(11)19-8-7-13(15)17/h3-6,10H,7-9H2,1-2H3,(H2,15,17)(H,16,18). The second-order valence-corrected chi connectivity index (χ2v) is 4.47. The molecule has 0 radical (unpaired) electrons. The Morgan fingerprint density at radius 2 is 2.00 bits per heavy atom. The maximum absolute atomic E-state index is 11.7. The Balaban J connectivity index is 2.56. The molecule has 1 aromatic carbocycles. The summed E-state index contributed by atoms with van der Waals surface area (Å²) in [5, 5.41) is 2.70. The van der Waals surface area contributed by atoms with Gasteiger partial charge in [-0.1, -0.05) is 12.1 Å². The number of hydrogen-bond donors (Lipinski definition) is 2. The maximum atomic E-state index is 11.7. The number of carbonyl (C=O) groups is 2. The molecule has 0 atom stereocenters. The van der Waals surface area contributed by atoms with Crippen LogP contribution in [-0.4, -0.2) is 31.1 Å². The molecule has 6 nitrogen and oxygen atoms in total. The molecule has 0 saturated carbocycles. The zero-order valence-electron chi connectivity index (χ0n) is 11.7. The third-order valence-corrected chi connectivity index (χ3v) is 2.31. The number of ether oxygens (including phenoxy) is 2. The largest absolute Gasteiger partial charge is 0.491 e. The van der Waals surface area contributed by atoms with Crippen LogP contribution in [0.15, 0.2) is 24.3 Å².